The molecule has 1 aliphatic carbocycles. The summed E-state index contributed by atoms with van der Waals surface area (Å²) in [6, 6.07) is 0. The van der Waals surface area contributed by atoms with Crippen molar-refractivity contribution < 1.29 is 9.84 Å². The van der Waals surface area contributed by atoms with Gasteiger partial charge in [0.05, 0.1) is 11.7 Å². The van der Waals surface area contributed by atoms with Crippen LogP contribution in [-0.4, -0.2) is 23.9 Å². The molecule has 0 saturated heterocycles. The fraction of sp³-hybridized carbons (Fsp3) is 0.714. The number of allylic oxidation sites excluding steroid dienone is 3. The van der Waals surface area contributed by atoms with Gasteiger partial charge in [-0.25, -0.2) is 0 Å². The lowest BCUT2D eigenvalue weighted by Gasteiger charge is -2.26. The van der Waals surface area contributed by atoms with Gasteiger partial charge in [-0.15, -0.1) is 0 Å². The number of ether oxygens (including phenoxy) is 1. The molecule has 0 heterocycles. The smallest absolute Gasteiger partial charge is 0.0833 e. The molecule has 0 saturated carbocycles. The van der Waals surface area contributed by atoms with E-state index < -0.39 is 0 Å². The Balaban J connectivity index is 3.01. The van der Waals surface area contributed by atoms with E-state index in [1.165, 1.54) is 11.1 Å². The van der Waals surface area contributed by atoms with E-state index in [0.29, 0.717) is 11.8 Å². The standard InChI is InChI=1S/C21H36O2/c1-16(2)19-10-9-18(4)15-20(22)14-17(3)8-7-12-21(5,23-6)13-11-19/h8,11,13,15-16,19-20,22H,7,9-10,12,14H2,1-6H3/b13-11+,17-8+,18-15+/t19-,20-,21-/m1/s1. The molecule has 0 spiro atoms. The van der Waals surface area contributed by atoms with Gasteiger partial charge < -0.3 is 9.84 Å². The third-order valence-electron chi connectivity index (χ3n) is 5.03. The summed E-state index contributed by atoms with van der Waals surface area (Å²) >= 11 is 0. The maximum Gasteiger partial charge on any atom is 0.0833 e. The van der Waals surface area contributed by atoms with Gasteiger partial charge in [0.25, 0.3) is 0 Å². The van der Waals surface area contributed by atoms with Gasteiger partial charge in [-0.05, 0) is 64.7 Å². The van der Waals surface area contributed by atoms with Crippen molar-refractivity contribution >= 4 is 0 Å². The molecule has 3 atom stereocenters. The van der Waals surface area contributed by atoms with Crippen LogP contribution in [0.4, 0.5) is 0 Å². The topological polar surface area (TPSA) is 29.5 Å². The molecule has 0 aliphatic heterocycles. The highest BCUT2D eigenvalue weighted by Gasteiger charge is 2.20. The van der Waals surface area contributed by atoms with Crippen LogP contribution >= 0.6 is 0 Å². The Labute approximate surface area is 143 Å². The van der Waals surface area contributed by atoms with Gasteiger partial charge in [0.15, 0.2) is 0 Å². The first-order valence-corrected chi connectivity index (χ1v) is 9.01. The summed E-state index contributed by atoms with van der Waals surface area (Å²) in [6.07, 6.45) is 13.3. The van der Waals surface area contributed by atoms with Crippen LogP contribution in [0.1, 0.15) is 66.7 Å². The van der Waals surface area contributed by atoms with Crippen LogP contribution in [0.3, 0.4) is 0 Å². The van der Waals surface area contributed by atoms with Gasteiger partial charge in [0.2, 0.25) is 0 Å². The molecule has 0 unspecified atom stereocenters. The molecule has 0 amide bonds. The highest BCUT2D eigenvalue weighted by Crippen LogP contribution is 2.26. The first kappa shape index (κ1) is 20.2. The monoisotopic (exact) mass is 320 g/mol. The average Bonchev–Trinajstić information content (AvgIpc) is 2.45. The van der Waals surface area contributed by atoms with E-state index in [4.69, 9.17) is 4.74 Å². The van der Waals surface area contributed by atoms with Crippen LogP contribution in [-0.2, 0) is 4.74 Å². The lowest BCUT2D eigenvalue weighted by Crippen LogP contribution is -2.24. The number of hydrogen-bond donors (Lipinski definition) is 1. The SMILES string of the molecule is CO[C@@]1(C)/C=C/[C@H](C(C)C)CC/C(C)=C/[C@H](O)C/C(C)=C/CC1. The van der Waals surface area contributed by atoms with E-state index in [2.05, 4.69) is 52.8 Å². The summed E-state index contributed by atoms with van der Waals surface area (Å²) < 4.78 is 5.77. The summed E-state index contributed by atoms with van der Waals surface area (Å²) in [7, 11) is 1.80. The third kappa shape index (κ3) is 7.50. The number of rotatable bonds is 2. The van der Waals surface area contributed by atoms with E-state index in [1.807, 2.05) is 6.08 Å². The Morgan fingerprint density at radius 1 is 1.26 bits per heavy atom. The maximum atomic E-state index is 10.2. The summed E-state index contributed by atoms with van der Waals surface area (Å²) in [6.45, 7) is 11.0. The molecule has 1 rings (SSSR count). The molecule has 0 aromatic heterocycles. The number of methoxy groups -OCH3 is 1. The van der Waals surface area contributed by atoms with Crippen molar-refractivity contribution in [3.8, 4) is 0 Å². The molecule has 0 aromatic carbocycles. The molecule has 0 fully saturated rings. The quantitative estimate of drug-likeness (QED) is 0.687. The lowest BCUT2D eigenvalue weighted by molar-refractivity contribution is 0.0415. The third-order valence-corrected chi connectivity index (χ3v) is 5.03. The van der Waals surface area contributed by atoms with Gasteiger partial charge in [-0.1, -0.05) is 49.3 Å². The molecule has 2 heteroatoms. The normalized spacial score (nSPS) is 37.4. The highest BCUT2D eigenvalue weighted by atomic mass is 16.5. The van der Waals surface area contributed by atoms with Crippen molar-refractivity contribution in [2.24, 2.45) is 11.8 Å². The van der Waals surface area contributed by atoms with Crippen LogP contribution in [0.2, 0.25) is 0 Å². The van der Waals surface area contributed by atoms with Crippen LogP contribution in [0, 0.1) is 11.8 Å². The van der Waals surface area contributed by atoms with Crippen LogP contribution in [0.25, 0.3) is 0 Å². The van der Waals surface area contributed by atoms with Gasteiger partial charge >= 0.3 is 0 Å². The molecular formula is C21H36O2. The summed E-state index contributed by atoms with van der Waals surface area (Å²) in [5, 5.41) is 10.2. The van der Waals surface area contributed by atoms with Crippen molar-refractivity contribution in [2.45, 2.75) is 78.4 Å². The van der Waals surface area contributed by atoms with E-state index in [0.717, 1.165) is 32.1 Å². The van der Waals surface area contributed by atoms with Crippen molar-refractivity contribution in [3.63, 3.8) is 0 Å². The van der Waals surface area contributed by atoms with E-state index in [1.54, 1.807) is 7.11 Å². The molecule has 0 aromatic rings. The lowest BCUT2D eigenvalue weighted by atomic mass is 9.86. The molecule has 2 nitrogen and oxygen atoms in total. The predicted octanol–water partition coefficient (Wildman–Crippen LogP) is 5.44. The van der Waals surface area contributed by atoms with Crippen molar-refractivity contribution in [1.29, 1.82) is 0 Å². The van der Waals surface area contributed by atoms with Gasteiger partial charge in [0, 0.05) is 7.11 Å². The number of hydrogen-bond acceptors (Lipinski definition) is 2. The predicted molar refractivity (Wildman–Crippen MR) is 99.5 cm³/mol. The minimum atomic E-state index is -0.365. The van der Waals surface area contributed by atoms with E-state index >= 15 is 0 Å². The molecule has 1 aliphatic rings. The average molecular weight is 321 g/mol. The summed E-state index contributed by atoms with van der Waals surface area (Å²) in [5.74, 6) is 1.16. The first-order valence-electron chi connectivity index (χ1n) is 9.01. The van der Waals surface area contributed by atoms with E-state index in [-0.39, 0.29) is 11.7 Å². The zero-order valence-corrected chi connectivity index (χ0v) is 15.9. The highest BCUT2D eigenvalue weighted by molar-refractivity contribution is 5.11. The number of aliphatic hydroxyl groups is 1. The Morgan fingerprint density at radius 3 is 2.57 bits per heavy atom. The second-order valence-corrected chi connectivity index (χ2v) is 7.70. The Kier molecular flexibility index (Phi) is 8.28. The van der Waals surface area contributed by atoms with Gasteiger partial charge in [0.1, 0.15) is 0 Å². The minimum Gasteiger partial charge on any atom is -0.389 e. The molecular weight excluding hydrogens is 284 g/mol. The van der Waals surface area contributed by atoms with Crippen LogP contribution in [0.5, 0.6) is 0 Å². The molecule has 0 bridgehead atoms. The van der Waals surface area contributed by atoms with Crippen molar-refractivity contribution in [1.82, 2.24) is 0 Å². The Hall–Kier alpha value is -0.860. The van der Waals surface area contributed by atoms with Crippen molar-refractivity contribution in [2.75, 3.05) is 7.11 Å². The first-order chi connectivity index (χ1) is 10.8. The summed E-state index contributed by atoms with van der Waals surface area (Å²) in [4.78, 5) is 0. The zero-order valence-electron chi connectivity index (χ0n) is 15.9. The van der Waals surface area contributed by atoms with E-state index in [9.17, 15) is 5.11 Å². The molecule has 23 heavy (non-hydrogen) atoms. The Morgan fingerprint density at radius 2 is 1.96 bits per heavy atom. The molecule has 0 radical (unpaired) electrons. The zero-order chi connectivity index (χ0) is 17.5. The van der Waals surface area contributed by atoms with Crippen LogP contribution in [0.15, 0.2) is 35.5 Å². The maximum absolute atomic E-state index is 10.2. The molecule has 132 valence electrons. The summed E-state index contributed by atoms with van der Waals surface area (Å²) in [5.41, 5.74) is 2.33. The van der Waals surface area contributed by atoms with Gasteiger partial charge in [-0.2, -0.15) is 0 Å². The minimum absolute atomic E-state index is 0.211. The second-order valence-electron chi connectivity index (χ2n) is 7.70. The number of aliphatic hydroxyl groups excluding tert-OH is 1. The van der Waals surface area contributed by atoms with Crippen molar-refractivity contribution in [3.05, 3.63) is 35.5 Å². The largest absolute Gasteiger partial charge is 0.389 e. The fourth-order valence-corrected chi connectivity index (χ4v) is 3.12. The van der Waals surface area contributed by atoms with Crippen LogP contribution < -0.4 is 0 Å². The second kappa shape index (κ2) is 9.44. The van der Waals surface area contributed by atoms with Gasteiger partial charge in [-0.3, -0.25) is 0 Å². The molecule has 1 N–H and O–H groups in total. The Bertz CT molecular complexity index is 445. The fourth-order valence-electron chi connectivity index (χ4n) is 3.12.